The predicted molar refractivity (Wildman–Crippen MR) is 101 cm³/mol. The van der Waals surface area contributed by atoms with Crippen LogP contribution in [0.3, 0.4) is 0 Å². The van der Waals surface area contributed by atoms with Crippen molar-refractivity contribution < 1.29 is 9.36 Å². The number of hydrogen-bond acceptors (Lipinski definition) is 1. The second-order valence-corrected chi connectivity index (χ2v) is 6.44. The lowest BCUT2D eigenvalue weighted by atomic mass is 9.91. The van der Waals surface area contributed by atoms with E-state index in [-0.39, 0.29) is 5.78 Å². The third-order valence-electron chi connectivity index (χ3n) is 4.93. The zero-order valence-electron chi connectivity index (χ0n) is 13.6. The number of ketones is 1. The summed E-state index contributed by atoms with van der Waals surface area (Å²) in [6.45, 7) is 0.352. The Kier molecular flexibility index (Phi) is 3.04. The lowest BCUT2D eigenvalue weighted by Gasteiger charge is -2.12. The summed E-state index contributed by atoms with van der Waals surface area (Å²) < 4.78 is 1.92. The van der Waals surface area contributed by atoms with Gasteiger partial charge in [0.05, 0.1) is 0 Å². The van der Waals surface area contributed by atoms with E-state index in [1.54, 1.807) is 0 Å². The van der Waals surface area contributed by atoms with Gasteiger partial charge in [-0.25, -0.2) is 0 Å². The van der Waals surface area contributed by atoms with Crippen molar-refractivity contribution in [2.45, 2.75) is 6.54 Å². The van der Waals surface area contributed by atoms with Gasteiger partial charge in [0.1, 0.15) is 0 Å². The molecule has 0 fully saturated rings. The zero-order valence-corrected chi connectivity index (χ0v) is 13.6. The van der Waals surface area contributed by atoms with Crippen LogP contribution in [0.4, 0.5) is 0 Å². The van der Waals surface area contributed by atoms with Gasteiger partial charge in [-0.2, -0.15) is 4.57 Å². The minimum absolute atomic E-state index is 0.133. The van der Waals surface area contributed by atoms with E-state index in [1.165, 1.54) is 26.9 Å². The molecule has 1 aromatic heterocycles. The number of pyridine rings is 1. The fourth-order valence-electron chi connectivity index (χ4n) is 3.77. The maximum atomic E-state index is 12.9. The molecule has 0 N–H and O–H groups in total. The molecule has 0 saturated carbocycles. The minimum atomic E-state index is 0.133. The fourth-order valence-corrected chi connectivity index (χ4v) is 3.77. The van der Waals surface area contributed by atoms with E-state index in [4.69, 9.17) is 0 Å². The molecule has 25 heavy (non-hydrogen) atoms. The number of Topliss-reactive ketones (excluding diaryl/α,β-unsaturated/α-hetero) is 1. The Morgan fingerprint density at radius 2 is 1.32 bits per heavy atom. The van der Waals surface area contributed by atoms with Gasteiger partial charge in [0.2, 0.25) is 12.3 Å². The SMILES string of the molecule is O=C(C[n+]1ccccc1)c1ccc2ccc3cccc4ccc1c2c34. The molecular weight excluding hydrogens is 306 g/mol. The van der Waals surface area contributed by atoms with Crippen LogP contribution in [0.1, 0.15) is 10.4 Å². The number of carbonyl (C=O) groups is 1. The maximum Gasteiger partial charge on any atom is 0.228 e. The van der Waals surface area contributed by atoms with Gasteiger partial charge in [0, 0.05) is 17.7 Å². The summed E-state index contributed by atoms with van der Waals surface area (Å²) >= 11 is 0. The highest BCUT2D eigenvalue weighted by atomic mass is 16.1. The van der Waals surface area contributed by atoms with E-state index < -0.39 is 0 Å². The highest BCUT2D eigenvalue weighted by molar-refractivity contribution is 6.26. The first kappa shape index (κ1) is 14.1. The first-order valence-electron chi connectivity index (χ1n) is 8.45. The van der Waals surface area contributed by atoms with Crippen LogP contribution in [0.25, 0.3) is 32.3 Å². The van der Waals surface area contributed by atoms with Crippen LogP contribution < -0.4 is 4.57 Å². The number of hydrogen-bond donors (Lipinski definition) is 0. The van der Waals surface area contributed by atoms with Crippen molar-refractivity contribution in [1.29, 1.82) is 0 Å². The van der Waals surface area contributed by atoms with Crippen molar-refractivity contribution in [3.05, 3.63) is 90.8 Å². The van der Waals surface area contributed by atoms with Crippen LogP contribution in [-0.4, -0.2) is 5.78 Å². The van der Waals surface area contributed by atoms with Gasteiger partial charge in [0.25, 0.3) is 0 Å². The minimum Gasteiger partial charge on any atom is -0.287 e. The molecule has 4 aromatic carbocycles. The maximum absolute atomic E-state index is 12.9. The quantitative estimate of drug-likeness (QED) is 0.267. The smallest absolute Gasteiger partial charge is 0.228 e. The molecule has 0 bridgehead atoms. The number of benzene rings is 4. The van der Waals surface area contributed by atoms with Crippen LogP contribution in [0.2, 0.25) is 0 Å². The lowest BCUT2D eigenvalue weighted by Crippen LogP contribution is -2.36. The molecule has 5 rings (SSSR count). The van der Waals surface area contributed by atoms with Gasteiger partial charge < -0.3 is 0 Å². The van der Waals surface area contributed by atoms with E-state index in [9.17, 15) is 4.79 Å². The molecule has 0 unspecified atom stereocenters. The van der Waals surface area contributed by atoms with Crippen LogP contribution in [-0.2, 0) is 6.54 Å². The standard InChI is InChI=1S/C23H16NO/c25-21(15-24-13-2-1-3-14-24)19-11-9-18-8-7-16-5-4-6-17-10-12-20(19)23(18)22(16)17/h1-14H,15H2/q+1. The fraction of sp³-hybridized carbons (Fsp3) is 0.0435. The molecule has 1 heterocycles. The van der Waals surface area contributed by atoms with Gasteiger partial charge in [-0.05, 0) is 38.4 Å². The first-order valence-corrected chi connectivity index (χ1v) is 8.45. The highest BCUT2D eigenvalue weighted by Gasteiger charge is 2.17. The molecule has 2 heteroatoms. The second kappa shape index (κ2) is 5.38. The van der Waals surface area contributed by atoms with Crippen LogP contribution in [0.15, 0.2) is 85.2 Å². The molecule has 5 aromatic rings. The summed E-state index contributed by atoms with van der Waals surface area (Å²) in [4.78, 5) is 12.9. The van der Waals surface area contributed by atoms with Crippen molar-refractivity contribution >= 4 is 38.1 Å². The van der Waals surface area contributed by atoms with E-state index >= 15 is 0 Å². The average Bonchev–Trinajstić information content (AvgIpc) is 2.67. The Morgan fingerprint density at radius 1 is 0.680 bits per heavy atom. The zero-order chi connectivity index (χ0) is 16.8. The van der Waals surface area contributed by atoms with Gasteiger partial charge in [-0.3, -0.25) is 4.79 Å². The summed E-state index contributed by atoms with van der Waals surface area (Å²) in [5, 5.41) is 7.11. The highest BCUT2D eigenvalue weighted by Crippen LogP contribution is 2.35. The molecule has 2 nitrogen and oxygen atoms in total. The van der Waals surface area contributed by atoms with Gasteiger partial charge in [-0.1, -0.05) is 54.6 Å². The Bertz CT molecular complexity index is 1210. The summed E-state index contributed by atoms with van der Waals surface area (Å²) in [6.07, 6.45) is 3.85. The van der Waals surface area contributed by atoms with Crippen LogP contribution in [0, 0.1) is 0 Å². The molecule has 0 spiro atoms. The van der Waals surface area contributed by atoms with Crippen molar-refractivity contribution in [3.63, 3.8) is 0 Å². The van der Waals surface area contributed by atoms with Crippen molar-refractivity contribution in [1.82, 2.24) is 0 Å². The molecule has 0 aliphatic rings. The van der Waals surface area contributed by atoms with E-state index in [0.29, 0.717) is 6.54 Å². The van der Waals surface area contributed by atoms with Crippen LogP contribution in [0.5, 0.6) is 0 Å². The van der Waals surface area contributed by atoms with E-state index in [0.717, 1.165) is 10.9 Å². The number of carbonyl (C=O) groups excluding carboxylic acids is 1. The third-order valence-corrected chi connectivity index (χ3v) is 4.93. The normalized spacial score (nSPS) is 11.5. The Labute approximate surface area is 145 Å². The largest absolute Gasteiger partial charge is 0.287 e. The molecule has 0 aliphatic carbocycles. The van der Waals surface area contributed by atoms with Crippen LogP contribution >= 0.6 is 0 Å². The monoisotopic (exact) mass is 322 g/mol. The lowest BCUT2D eigenvalue weighted by molar-refractivity contribution is -0.683. The molecule has 0 atom stereocenters. The molecule has 0 amide bonds. The predicted octanol–water partition coefficient (Wildman–Crippen LogP) is 4.75. The average molecular weight is 322 g/mol. The topological polar surface area (TPSA) is 20.9 Å². The van der Waals surface area contributed by atoms with E-state index in [1.807, 2.05) is 41.2 Å². The Hall–Kier alpha value is -3.26. The van der Waals surface area contributed by atoms with E-state index in [2.05, 4.69) is 48.5 Å². The number of nitrogens with zero attached hydrogens (tertiary/aromatic N) is 1. The Morgan fingerprint density at radius 3 is 2.08 bits per heavy atom. The van der Waals surface area contributed by atoms with Gasteiger partial charge >= 0.3 is 0 Å². The molecule has 118 valence electrons. The molecule has 0 saturated heterocycles. The van der Waals surface area contributed by atoms with Crippen molar-refractivity contribution in [3.8, 4) is 0 Å². The molecule has 0 aliphatic heterocycles. The first-order chi connectivity index (χ1) is 12.3. The number of rotatable bonds is 3. The third kappa shape index (κ3) is 2.18. The van der Waals surface area contributed by atoms with Gasteiger partial charge in [0.15, 0.2) is 12.4 Å². The van der Waals surface area contributed by atoms with Crippen molar-refractivity contribution in [2.24, 2.45) is 0 Å². The summed E-state index contributed by atoms with van der Waals surface area (Å²) in [5.74, 6) is 0.133. The molecular formula is C23H16NO+. The Balaban J connectivity index is 1.75. The second-order valence-electron chi connectivity index (χ2n) is 6.44. The number of aromatic nitrogens is 1. The summed E-state index contributed by atoms with van der Waals surface area (Å²) in [6, 6.07) is 24.7. The molecule has 0 radical (unpaired) electrons. The summed E-state index contributed by atoms with van der Waals surface area (Å²) in [7, 11) is 0. The van der Waals surface area contributed by atoms with Crippen molar-refractivity contribution in [2.75, 3.05) is 0 Å². The van der Waals surface area contributed by atoms with Gasteiger partial charge in [-0.15, -0.1) is 0 Å². The summed E-state index contributed by atoms with van der Waals surface area (Å²) in [5.41, 5.74) is 0.794.